The van der Waals surface area contributed by atoms with Gasteiger partial charge >= 0.3 is 0 Å². The molecule has 1 amide bonds. The van der Waals surface area contributed by atoms with Crippen molar-refractivity contribution >= 4 is 50.1 Å². The maximum Gasteiger partial charge on any atom is 0.251 e. The van der Waals surface area contributed by atoms with E-state index in [1.807, 2.05) is 30.3 Å². The number of allylic oxidation sites excluding steroid dienone is 2. The topological polar surface area (TPSA) is 59.6 Å². The molecule has 2 N–H and O–H groups in total. The fraction of sp³-hybridized carbons (Fsp3) is 0.250. The quantitative estimate of drug-likeness (QED) is 0.244. The Hall–Kier alpha value is -2.52. The smallest absolute Gasteiger partial charge is 0.251 e. The van der Waals surface area contributed by atoms with Crippen LogP contribution in [0.2, 0.25) is 0 Å². The number of hydrogen-bond donors (Lipinski definition) is 2. The molecule has 1 aliphatic carbocycles. The number of anilines is 1. The Morgan fingerprint density at radius 3 is 2.69 bits per heavy atom. The van der Waals surface area contributed by atoms with Gasteiger partial charge in [-0.15, -0.1) is 0 Å². The van der Waals surface area contributed by atoms with Crippen LogP contribution in [0.15, 0.2) is 71.2 Å². The van der Waals surface area contributed by atoms with Gasteiger partial charge in [0.1, 0.15) is 0 Å². The molecule has 3 aromatic carbocycles. The van der Waals surface area contributed by atoms with Gasteiger partial charge < -0.3 is 20.1 Å². The Bertz CT molecular complexity index is 1320. The number of benzene rings is 3. The highest BCUT2D eigenvalue weighted by atomic mass is 127. The average molecular weight is 643 g/mol. The molecule has 3 atom stereocenters. The second-order valence-corrected chi connectivity index (χ2v) is 11.2. The van der Waals surface area contributed by atoms with Gasteiger partial charge in [0, 0.05) is 31.8 Å². The zero-order valence-electron chi connectivity index (χ0n) is 18.9. The van der Waals surface area contributed by atoms with Crippen molar-refractivity contribution in [3.8, 4) is 11.5 Å². The van der Waals surface area contributed by atoms with E-state index >= 15 is 0 Å². The summed E-state index contributed by atoms with van der Waals surface area (Å²) in [7, 11) is 0. The van der Waals surface area contributed by atoms with Gasteiger partial charge in [0.15, 0.2) is 11.5 Å². The van der Waals surface area contributed by atoms with Gasteiger partial charge in [0.05, 0.1) is 6.04 Å². The van der Waals surface area contributed by atoms with Crippen LogP contribution >= 0.6 is 38.5 Å². The van der Waals surface area contributed by atoms with Gasteiger partial charge in [-0.2, -0.15) is 0 Å². The molecule has 0 saturated heterocycles. The molecule has 0 spiro atoms. The standard InChI is InChI=1S/C28H24BrIN2O3/c29-23-14-26-25(34-15-35-26)13-22(23)27-20-3-1-2-19(20)21-12-16(4-9-24(21)32-27)10-11-31-28(33)17-5-7-18(30)8-6-17/h1-2,4-9,12-14,19-20,27,32H,3,10-11,15H2,(H,31,33)/t19-,20+,27-/m1/s1. The first-order valence-electron chi connectivity index (χ1n) is 11.8. The summed E-state index contributed by atoms with van der Waals surface area (Å²) in [6.45, 7) is 0.876. The van der Waals surface area contributed by atoms with Crippen molar-refractivity contribution < 1.29 is 14.3 Å². The Labute approximate surface area is 226 Å². The van der Waals surface area contributed by atoms with Gasteiger partial charge in [-0.25, -0.2) is 0 Å². The second-order valence-electron chi connectivity index (χ2n) is 9.14. The van der Waals surface area contributed by atoms with Crippen LogP contribution in [0.25, 0.3) is 0 Å². The molecule has 0 saturated carbocycles. The number of rotatable bonds is 5. The van der Waals surface area contributed by atoms with Crippen molar-refractivity contribution in [2.24, 2.45) is 5.92 Å². The van der Waals surface area contributed by atoms with E-state index in [-0.39, 0.29) is 18.7 Å². The highest BCUT2D eigenvalue weighted by molar-refractivity contribution is 14.1. The van der Waals surface area contributed by atoms with E-state index < -0.39 is 0 Å². The van der Waals surface area contributed by atoms with E-state index in [9.17, 15) is 4.79 Å². The minimum Gasteiger partial charge on any atom is -0.454 e. The van der Waals surface area contributed by atoms with E-state index in [4.69, 9.17) is 9.47 Å². The number of carbonyl (C=O) groups excluding carboxylic acids is 1. The first kappa shape index (κ1) is 22.9. The molecule has 0 bridgehead atoms. The summed E-state index contributed by atoms with van der Waals surface area (Å²) < 4.78 is 13.4. The van der Waals surface area contributed by atoms with Crippen molar-refractivity contribution in [1.82, 2.24) is 5.32 Å². The summed E-state index contributed by atoms with van der Waals surface area (Å²) >= 11 is 6.01. The molecule has 0 radical (unpaired) electrons. The molecule has 2 heterocycles. The zero-order valence-corrected chi connectivity index (χ0v) is 22.6. The molecule has 0 aromatic heterocycles. The highest BCUT2D eigenvalue weighted by Gasteiger charge is 2.39. The van der Waals surface area contributed by atoms with Gasteiger partial charge in [0.25, 0.3) is 5.91 Å². The number of amides is 1. The van der Waals surface area contributed by atoms with Crippen molar-refractivity contribution in [2.45, 2.75) is 24.8 Å². The van der Waals surface area contributed by atoms with E-state index in [2.05, 4.69) is 85.6 Å². The van der Waals surface area contributed by atoms with Crippen molar-refractivity contribution in [3.05, 3.63) is 97.0 Å². The SMILES string of the molecule is O=C(NCCc1ccc2c(c1)[C@@H]1C=CC[C@@H]1[C@H](c1cc3c(cc1Br)OCO3)N2)c1ccc(I)cc1. The van der Waals surface area contributed by atoms with Crippen molar-refractivity contribution in [3.63, 3.8) is 0 Å². The van der Waals surface area contributed by atoms with Gasteiger partial charge in [-0.1, -0.05) is 40.2 Å². The number of fused-ring (bicyclic) bond motifs is 4. The number of ether oxygens (including phenoxy) is 2. The second kappa shape index (κ2) is 9.50. The molecule has 7 heteroatoms. The molecular formula is C28H24BrIN2O3. The van der Waals surface area contributed by atoms with Crippen molar-refractivity contribution in [2.75, 3.05) is 18.7 Å². The number of nitrogens with one attached hydrogen (secondary N) is 2. The maximum absolute atomic E-state index is 12.4. The molecule has 2 aliphatic heterocycles. The molecule has 5 nitrogen and oxygen atoms in total. The Kier molecular flexibility index (Phi) is 6.22. The van der Waals surface area contributed by atoms with E-state index in [0.29, 0.717) is 23.9 Å². The van der Waals surface area contributed by atoms with Crippen LogP contribution in [0.1, 0.15) is 45.4 Å². The van der Waals surface area contributed by atoms with Gasteiger partial charge in [0.2, 0.25) is 6.79 Å². The van der Waals surface area contributed by atoms with Crippen LogP contribution in [0.5, 0.6) is 11.5 Å². The summed E-state index contributed by atoms with van der Waals surface area (Å²) in [5, 5.41) is 6.86. The monoisotopic (exact) mass is 642 g/mol. The van der Waals surface area contributed by atoms with Gasteiger partial charge in [-0.05, 0) is 101 Å². The van der Waals surface area contributed by atoms with Crippen molar-refractivity contribution in [1.29, 1.82) is 0 Å². The lowest BCUT2D eigenvalue weighted by atomic mass is 9.76. The molecule has 3 aromatic rings. The summed E-state index contributed by atoms with van der Waals surface area (Å²) in [5.74, 6) is 2.35. The van der Waals surface area contributed by atoms with Crippen LogP contribution in [-0.2, 0) is 6.42 Å². The van der Waals surface area contributed by atoms with Crippen LogP contribution in [0, 0.1) is 9.49 Å². The number of carbonyl (C=O) groups is 1. The Balaban J connectivity index is 1.19. The summed E-state index contributed by atoms with van der Waals surface area (Å²) in [5.41, 5.74) is 5.62. The first-order valence-corrected chi connectivity index (χ1v) is 13.6. The predicted molar refractivity (Wildman–Crippen MR) is 148 cm³/mol. The average Bonchev–Trinajstić information content (AvgIpc) is 3.53. The third kappa shape index (κ3) is 4.44. The van der Waals surface area contributed by atoms with Gasteiger partial charge in [-0.3, -0.25) is 4.79 Å². The first-order chi connectivity index (χ1) is 17.1. The lowest BCUT2D eigenvalue weighted by molar-refractivity contribution is 0.0954. The summed E-state index contributed by atoms with van der Waals surface area (Å²) in [4.78, 5) is 12.4. The molecule has 6 rings (SSSR count). The van der Waals surface area contributed by atoms with Crippen LogP contribution in [0.3, 0.4) is 0 Å². The predicted octanol–water partition coefficient (Wildman–Crippen LogP) is 6.58. The lowest BCUT2D eigenvalue weighted by Gasteiger charge is -2.38. The molecule has 0 unspecified atom stereocenters. The number of halogens is 2. The minimum absolute atomic E-state index is 0.0306. The van der Waals surface area contributed by atoms with E-state index in [0.717, 1.165) is 32.4 Å². The number of hydrogen-bond acceptors (Lipinski definition) is 4. The lowest BCUT2D eigenvalue weighted by Crippen LogP contribution is -2.29. The molecular weight excluding hydrogens is 619 g/mol. The fourth-order valence-corrected chi connectivity index (χ4v) is 6.23. The Morgan fingerprint density at radius 2 is 1.86 bits per heavy atom. The maximum atomic E-state index is 12.4. The molecule has 178 valence electrons. The zero-order chi connectivity index (χ0) is 23.9. The molecule has 0 fully saturated rings. The fourth-order valence-electron chi connectivity index (χ4n) is 5.30. The van der Waals surface area contributed by atoms with Crippen LogP contribution in [-0.4, -0.2) is 19.2 Å². The van der Waals surface area contributed by atoms with E-state index in [1.54, 1.807) is 0 Å². The highest BCUT2D eigenvalue weighted by Crippen LogP contribution is 2.52. The molecule has 3 aliphatic rings. The Morgan fingerprint density at radius 1 is 1.06 bits per heavy atom. The van der Waals surface area contributed by atoms with Crippen LogP contribution < -0.4 is 20.1 Å². The van der Waals surface area contributed by atoms with E-state index in [1.165, 1.54) is 22.4 Å². The third-order valence-electron chi connectivity index (χ3n) is 7.06. The summed E-state index contributed by atoms with van der Waals surface area (Å²) in [6, 6.07) is 18.6. The molecule has 35 heavy (non-hydrogen) atoms. The largest absolute Gasteiger partial charge is 0.454 e. The third-order valence-corrected chi connectivity index (χ3v) is 8.47. The normalized spacial score (nSPS) is 21.3. The minimum atomic E-state index is -0.0306. The summed E-state index contributed by atoms with van der Waals surface area (Å²) in [6.07, 6.45) is 6.47. The van der Waals surface area contributed by atoms with Crippen LogP contribution in [0.4, 0.5) is 5.69 Å².